The molecule has 2 atom stereocenters. The molecule has 0 bridgehead atoms. The molecule has 0 saturated heterocycles. The predicted octanol–water partition coefficient (Wildman–Crippen LogP) is 4.42. The smallest absolute Gasteiger partial charge is 0.123 e. The first-order chi connectivity index (χ1) is 10.3. The predicted molar refractivity (Wildman–Crippen MR) is 86.7 cm³/mol. The Bertz CT molecular complexity index is 608. The number of rotatable bonds is 4. The summed E-state index contributed by atoms with van der Waals surface area (Å²) in [5.74, 6) is 0.960. The Hall–Kier alpha value is -1.80. The van der Waals surface area contributed by atoms with E-state index in [9.17, 15) is 0 Å². The fraction of sp³-hybridized carbons (Fsp3) is 0.368. The first-order valence-electron chi connectivity index (χ1n) is 7.76. The molecule has 1 aliphatic rings. The van der Waals surface area contributed by atoms with Gasteiger partial charge in [0.1, 0.15) is 5.75 Å². The standard InChI is InChI=1S/C19H23NO/c1-14(16-10-5-6-13-19(16)21-2)20-18-12-7-9-15-8-3-4-11-17(15)18/h3-6,8,10-11,13-14,18,20H,7,9,12H2,1-2H3/t14-,18?/m0/s1. The van der Waals surface area contributed by atoms with Gasteiger partial charge in [0.05, 0.1) is 7.11 Å². The van der Waals surface area contributed by atoms with E-state index in [0.717, 1.165) is 5.75 Å². The molecule has 21 heavy (non-hydrogen) atoms. The van der Waals surface area contributed by atoms with Crippen LogP contribution < -0.4 is 10.1 Å². The lowest BCUT2D eigenvalue weighted by Gasteiger charge is -2.30. The average Bonchev–Trinajstić information content (AvgIpc) is 2.55. The van der Waals surface area contributed by atoms with E-state index >= 15 is 0 Å². The van der Waals surface area contributed by atoms with Gasteiger partial charge in [-0.05, 0) is 43.4 Å². The number of ether oxygens (including phenoxy) is 1. The van der Waals surface area contributed by atoms with E-state index in [1.165, 1.54) is 36.0 Å². The third-order valence-corrected chi connectivity index (χ3v) is 4.43. The number of nitrogens with one attached hydrogen (secondary N) is 1. The van der Waals surface area contributed by atoms with Crippen molar-refractivity contribution in [3.63, 3.8) is 0 Å². The Kier molecular flexibility index (Phi) is 4.26. The Balaban J connectivity index is 1.81. The maximum Gasteiger partial charge on any atom is 0.123 e. The second-order valence-corrected chi connectivity index (χ2v) is 5.77. The minimum Gasteiger partial charge on any atom is -0.496 e. The highest BCUT2D eigenvalue weighted by molar-refractivity contribution is 5.37. The molecule has 0 fully saturated rings. The molecule has 110 valence electrons. The highest BCUT2D eigenvalue weighted by Gasteiger charge is 2.22. The maximum atomic E-state index is 5.49. The Labute approximate surface area is 127 Å². The van der Waals surface area contributed by atoms with Gasteiger partial charge in [-0.2, -0.15) is 0 Å². The average molecular weight is 281 g/mol. The van der Waals surface area contributed by atoms with Crippen LogP contribution in [0.25, 0.3) is 0 Å². The molecule has 0 aromatic heterocycles. The van der Waals surface area contributed by atoms with Gasteiger partial charge in [-0.15, -0.1) is 0 Å². The van der Waals surface area contributed by atoms with Crippen molar-refractivity contribution < 1.29 is 4.74 Å². The van der Waals surface area contributed by atoms with Crippen molar-refractivity contribution >= 4 is 0 Å². The molecule has 2 heteroatoms. The van der Waals surface area contributed by atoms with Gasteiger partial charge in [-0.3, -0.25) is 0 Å². The SMILES string of the molecule is COc1ccccc1[C@H](C)NC1CCCc2ccccc21. The van der Waals surface area contributed by atoms with Crippen LogP contribution in [0.4, 0.5) is 0 Å². The molecule has 0 spiro atoms. The van der Waals surface area contributed by atoms with Crippen molar-refractivity contribution in [2.24, 2.45) is 0 Å². The summed E-state index contributed by atoms with van der Waals surface area (Å²) in [6.07, 6.45) is 3.67. The van der Waals surface area contributed by atoms with Crippen LogP contribution in [0.2, 0.25) is 0 Å². The van der Waals surface area contributed by atoms with Gasteiger partial charge in [0.25, 0.3) is 0 Å². The van der Waals surface area contributed by atoms with Gasteiger partial charge in [-0.1, -0.05) is 42.5 Å². The maximum absolute atomic E-state index is 5.49. The zero-order valence-corrected chi connectivity index (χ0v) is 12.8. The molecule has 2 aromatic rings. The van der Waals surface area contributed by atoms with Gasteiger partial charge in [0.2, 0.25) is 0 Å². The van der Waals surface area contributed by atoms with Gasteiger partial charge in [-0.25, -0.2) is 0 Å². The van der Waals surface area contributed by atoms with E-state index in [1.807, 2.05) is 12.1 Å². The summed E-state index contributed by atoms with van der Waals surface area (Å²) in [5.41, 5.74) is 4.18. The third kappa shape index (κ3) is 2.96. The fourth-order valence-electron chi connectivity index (χ4n) is 3.34. The molecule has 0 heterocycles. The Morgan fingerprint density at radius 3 is 2.71 bits per heavy atom. The van der Waals surface area contributed by atoms with E-state index in [1.54, 1.807) is 7.11 Å². The number of benzene rings is 2. The number of fused-ring (bicyclic) bond motifs is 1. The zero-order chi connectivity index (χ0) is 14.7. The summed E-state index contributed by atoms with van der Waals surface area (Å²) < 4.78 is 5.49. The molecule has 2 nitrogen and oxygen atoms in total. The normalized spacial score (nSPS) is 18.9. The molecular formula is C19H23NO. The van der Waals surface area contributed by atoms with Crippen molar-refractivity contribution in [3.05, 3.63) is 65.2 Å². The quantitative estimate of drug-likeness (QED) is 0.895. The van der Waals surface area contributed by atoms with E-state index < -0.39 is 0 Å². The number of hydrogen-bond donors (Lipinski definition) is 1. The molecule has 2 aromatic carbocycles. The lowest BCUT2D eigenvalue weighted by atomic mass is 9.87. The van der Waals surface area contributed by atoms with Gasteiger partial charge < -0.3 is 10.1 Å². The molecule has 0 amide bonds. The van der Waals surface area contributed by atoms with Gasteiger partial charge in [0, 0.05) is 17.6 Å². The van der Waals surface area contributed by atoms with Crippen LogP contribution in [0.1, 0.15) is 48.5 Å². The summed E-state index contributed by atoms with van der Waals surface area (Å²) in [7, 11) is 1.74. The first-order valence-corrected chi connectivity index (χ1v) is 7.76. The summed E-state index contributed by atoms with van der Waals surface area (Å²) >= 11 is 0. The Morgan fingerprint density at radius 2 is 1.86 bits per heavy atom. The topological polar surface area (TPSA) is 21.3 Å². The third-order valence-electron chi connectivity index (χ3n) is 4.43. The number of hydrogen-bond acceptors (Lipinski definition) is 2. The second kappa shape index (κ2) is 6.31. The zero-order valence-electron chi connectivity index (χ0n) is 12.8. The van der Waals surface area contributed by atoms with Crippen LogP contribution in [-0.4, -0.2) is 7.11 Å². The molecular weight excluding hydrogens is 258 g/mol. The molecule has 1 N–H and O–H groups in total. The van der Waals surface area contributed by atoms with Crippen molar-refractivity contribution in [1.29, 1.82) is 0 Å². The van der Waals surface area contributed by atoms with Crippen LogP contribution in [0, 0.1) is 0 Å². The highest BCUT2D eigenvalue weighted by atomic mass is 16.5. The van der Waals surface area contributed by atoms with Crippen LogP contribution in [0.3, 0.4) is 0 Å². The summed E-state index contributed by atoms with van der Waals surface area (Å²) in [6, 6.07) is 17.8. The van der Waals surface area contributed by atoms with Crippen LogP contribution in [0.5, 0.6) is 5.75 Å². The van der Waals surface area contributed by atoms with Gasteiger partial charge >= 0.3 is 0 Å². The molecule has 1 unspecified atom stereocenters. The largest absolute Gasteiger partial charge is 0.496 e. The van der Waals surface area contributed by atoms with E-state index in [-0.39, 0.29) is 6.04 Å². The minimum absolute atomic E-state index is 0.275. The van der Waals surface area contributed by atoms with Crippen molar-refractivity contribution in [2.45, 2.75) is 38.3 Å². The minimum atomic E-state index is 0.275. The van der Waals surface area contributed by atoms with Crippen LogP contribution >= 0.6 is 0 Å². The second-order valence-electron chi connectivity index (χ2n) is 5.77. The van der Waals surface area contributed by atoms with Gasteiger partial charge in [0.15, 0.2) is 0 Å². The van der Waals surface area contributed by atoms with E-state index in [2.05, 4.69) is 48.6 Å². The van der Waals surface area contributed by atoms with Crippen molar-refractivity contribution in [1.82, 2.24) is 5.32 Å². The monoisotopic (exact) mass is 281 g/mol. The molecule has 0 aliphatic heterocycles. The van der Waals surface area contributed by atoms with E-state index in [4.69, 9.17) is 4.74 Å². The van der Waals surface area contributed by atoms with E-state index in [0.29, 0.717) is 6.04 Å². The molecule has 3 rings (SSSR count). The summed E-state index contributed by atoms with van der Waals surface area (Å²) in [6.45, 7) is 2.22. The van der Waals surface area contributed by atoms with Crippen molar-refractivity contribution in [2.75, 3.05) is 7.11 Å². The molecule has 0 radical (unpaired) electrons. The molecule has 0 saturated carbocycles. The van der Waals surface area contributed by atoms with Crippen molar-refractivity contribution in [3.8, 4) is 5.75 Å². The summed E-state index contributed by atoms with van der Waals surface area (Å²) in [5, 5.41) is 3.79. The highest BCUT2D eigenvalue weighted by Crippen LogP contribution is 2.33. The number of methoxy groups -OCH3 is 1. The first kappa shape index (κ1) is 14.2. The summed E-state index contributed by atoms with van der Waals surface area (Å²) in [4.78, 5) is 0. The van der Waals surface area contributed by atoms with Crippen LogP contribution in [0.15, 0.2) is 48.5 Å². The lowest BCUT2D eigenvalue weighted by Crippen LogP contribution is -2.28. The lowest BCUT2D eigenvalue weighted by molar-refractivity contribution is 0.382. The number of aryl methyl sites for hydroxylation is 1. The Morgan fingerprint density at radius 1 is 1.10 bits per heavy atom. The number of para-hydroxylation sites is 1. The molecule has 1 aliphatic carbocycles. The van der Waals surface area contributed by atoms with Crippen LogP contribution in [-0.2, 0) is 6.42 Å². The fourth-order valence-corrected chi connectivity index (χ4v) is 3.34.